The number of aryl methyl sites for hydroxylation is 2. The van der Waals surface area contributed by atoms with E-state index in [9.17, 15) is 9.59 Å². The molecule has 1 N–H and O–H groups in total. The van der Waals surface area contributed by atoms with Crippen LogP contribution < -0.4 is 5.56 Å². The molecule has 0 unspecified atom stereocenters. The molecule has 1 aromatic carbocycles. The Morgan fingerprint density at radius 2 is 1.83 bits per heavy atom. The van der Waals surface area contributed by atoms with Gasteiger partial charge in [0.05, 0.1) is 24.5 Å². The number of aromatic amines is 1. The number of nitrogens with zero attached hydrogens (tertiary/aromatic N) is 5. The minimum Gasteiger partial charge on any atom is -0.327 e. The quantitative estimate of drug-likeness (QED) is 0.572. The van der Waals surface area contributed by atoms with Crippen molar-refractivity contribution in [2.45, 2.75) is 26.9 Å². The van der Waals surface area contributed by atoms with E-state index in [1.165, 1.54) is 23.3 Å². The summed E-state index contributed by atoms with van der Waals surface area (Å²) in [6.07, 6.45) is 3.95. The van der Waals surface area contributed by atoms with Crippen molar-refractivity contribution in [3.05, 3.63) is 93.3 Å². The second kappa shape index (κ2) is 6.84. The standard InChI is InChI=1S/C22H20N6O2/c1-14-5-6-16(11-15(14)2)28-21(26-9-3-4-10-26)17-12-27(13-19(17)25-28)22(30)18-7-8-20(29)24-23-18/h3-11H,12-13H2,1-2H3,(H,24,29). The Morgan fingerprint density at radius 1 is 1.03 bits per heavy atom. The first-order valence-electron chi connectivity index (χ1n) is 9.68. The topological polar surface area (TPSA) is 88.8 Å². The zero-order chi connectivity index (χ0) is 20.8. The van der Waals surface area contributed by atoms with E-state index in [2.05, 4.69) is 42.2 Å². The molecule has 4 heterocycles. The van der Waals surface area contributed by atoms with Crippen LogP contribution in [0.15, 0.2) is 59.7 Å². The molecule has 8 heteroatoms. The molecule has 0 atom stereocenters. The SMILES string of the molecule is Cc1ccc(-n2nc3c(c2-n2cccc2)CN(C(=O)c2ccc(=O)[nH]n2)C3)cc1C. The summed E-state index contributed by atoms with van der Waals surface area (Å²) in [5.74, 6) is 0.684. The molecular formula is C22H20N6O2. The van der Waals surface area contributed by atoms with Crippen LogP contribution in [-0.4, -0.2) is 35.4 Å². The summed E-state index contributed by atoms with van der Waals surface area (Å²) >= 11 is 0. The van der Waals surface area contributed by atoms with E-state index in [0.717, 1.165) is 22.8 Å². The van der Waals surface area contributed by atoms with Crippen LogP contribution in [0.2, 0.25) is 0 Å². The third kappa shape index (κ3) is 2.93. The normalized spacial score (nSPS) is 12.9. The van der Waals surface area contributed by atoms with E-state index >= 15 is 0 Å². The van der Waals surface area contributed by atoms with E-state index in [1.807, 2.05) is 33.8 Å². The molecule has 0 spiro atoms. The molecule has 1 aliphatic rings. The summed E-state index contributed by atoms with van der Waals surface area (Å²) in [7, 11) is 0. The van der Waals surface area contributed by atoms with Crippen molar-refractivity contribution in [3.8, 4) is 11.5 Å². The van der Waals surface area contributed by atoms with Crippen molar-refractivity contribution in [2.24, 2.45) is 0 Å². The van der Waals surface area contributed by atoms with Crippen LogP contribution in [0.1, 0.15) is 32.9 Å². The van der Waals surface area contributed by atoms with Crippen molar-refractivity contribution in [1.82, 2.24) is 29.4 Å². The molecule has 0 bridgehead atoms. The summed E-state index contributed by atoms with van der Waals surface area (Å²) in [4.78, 5) is 25.8. The van der Waals surface area contributed by atoms with E-state index in [-0.39, 0.29) is 17.2 Å². The Hall–Kier alpha value is -3.94. The second-order valence-corrected chi connectivity index (χ2v) is 7.49. The lowest BCUT2D eigenvalue weighted by Crippen LogP contribution is -2.28. The molecule has 8 nitrogen and oxygen atoms in total. The Balaban J connectivity index is 1.55. The van der Waals surface area contributed by atoms with Gasteiger partial charge in [-0.2, -0.15) is 10.2 Å². The molecule has 5 rings (SSSR count). The van der Waals surface area contributed by atoms with Gasteiger partial charge in [0.15, 0.2) is 0 Å². The fraction of sp³-hybridized carbons (Fsp3) is 0.182. The van der Waals surface area contributed by atoms with Gasteiger partial charge >= 0.3 is 0 Å². The maximum Gasteiger partial charge on any atom is 0.274 e. The van der Waals surface area contributed by atoms with E-state index in [4.69, 9.17) is 5.10 Å². The fourth-order valence-electron chi connectivity index (χ4n) is 3.75. The van der Waals surface area contributed by atoms with Gasteiger partial charge in [0, 0.05) is 24.0 Å². The van der Waals surface area contributed by atoms with Crippen LogP contribution in [0.5, 0.6) is 0 Å². The van der Waals surface area contributed by atoms with Crippen LogP contribution in [0, 0.1) is 13.8 Å². The molecule has 1 amide bonds. The summed E-state index contributed by atoms with van der Waals surface area (Å²) in [5.41, 5.74) is 5.14. The van der Waals surface area contributed by atoms with Crippen molar-refractivity contribution < 1.29 is 4.79 Å². The first-order valence-corrected chi connectivity index (χ1v) is 9.68. The van der Waals surface area contributed by atoms with E-state index in [1.54, 1.807) is 4.90 Å². The fourth-order valence-corrected chi connectivity index (χ4v) is 3.75. The molecule has 3 aromatic heterocycles. The van der Waals surface area contributed by atoms with Gasteiger partial charge in [-0.1, -0.05) is 6.07 Å². The Kier molecular flexibility index (Phi) is 4.13. The molecule has 1 aliphatic heterocycles. The number of H-pyrrole nitrogens is 1. The summed E-state index contributed by atoms with van der Waals surface area (Å²) in [5, 5.41) is 11.0. The van der Waals surface area contributed by atoms with Gasteiger partial charge in [0.1, 0.15) is 11.5 Å². The molecule has 0 aliphatic carbocycles. The smallest absolute Gasteiger partial charge is 0.274 e. The van der Waals surface area contributed by atoms with Crippen molar-refractivity contribution in [1.29, 1.82) is 0 Å². The number of fused-ring (bicyclic) bond motifs is 1. The minimum atomic E-state index is -0.337. The molecule has 0 fully saturated rings. The van der Waals surface area contributed by atoms with Crippen molar-refractivity contribution in [2.75, 3.05) is 0 Å². The highest BCUT2D eigenvalue weighted by atomic mass is 16.2. The molecule has 150 valence electrons. The molecule has 4 aromatic rings. The predicted molar refractivity (Wildman–Crippen MR) is 111 cm³/mol. The van der Waals surface area contributed by atoms with Crippen LogP contribution in [0.3, 0.4) is 0 Å². The third-order valence-electron chi connectivity index (χ3n) is 5.50. The predicted octanol–water partition coefficient (Wildman–Crippen LogP) is 2.52. The summed E-state index contributed by atoms with van der Waals surface area (Å²) in [6, 6.07) is 13.0. The highest BCUT2D eigenvalue weighted by Crippen LogP contribution is 2.31. The summed E-state index contributed by atoms with van der Waals surface area (Å²) < 4.78 is 3.96. The monoisotopic (exact) mass is 400 g/mol. The Morgan fingerprint density at radius 3 is 2.53 bits per heavy atom. The van der Waals surface area contributed by atoms with Gasteiger partial charge < -0.3 is 9.47 Å². The molecule has 0 saturated carbocycles. The Bertz CT molecular complexity index is 1300. The van der Waals surface area contributed by atoms with Gasteiger partial charge in [0.25, 0.3) is 11.5 Å². The summed E-state index contributed by atoms with van der Waals surface area (Å²) in [6.45, 7) is 4.99. The first-order chi connectivity index (χ1) is 14.5. The molecule has 0 radical (unpaired) electrons. The first kappa shape index (κ1) is 18.1. The lowest BCUT2D eigenvalue weighted by Gasteiger charge is -2.17. The van der Waals surface area contributed by atoms with Gasteiger partial charge in [0.2, 0.25) is 0 Å². The van der Waals surface area contributed by atoms with Crippen LogP contribution in [0.25, 0.3) is 11.5 Å². The second-order valence-electron chi connectivity index (χ2n) is 7.49. The lowest BCUT2D eigenvalue weighted by molar-refractivity contribution is 0.0742. The van der Waals surface area contributed by atoms with E-state index in [0.29, 0.717) is 13.1 Å². The number of hydrogen-bond donors (Lipinski definition) is 1. The Labute approximate surface area is 172 Å². The molecule has 0 saturated heterocycles. The highest BCUT2D eigenvalue weighted by molar-refractivity contribution is 5.92. The van der Waals surface area contributed by atoms with Gasteiger partial charge in [-0.3, -0.25) is 9.59 Å². The number of amides is 1. The number of carbonyl (C=O) groups is 1. The van der Waals surface area contributed by atoms with Gasteiger partial charge in [-0.15, -0.1) is 0 Å². The van der Waals surface area contributed by atoms with Crippen LogP contribution in [0.4, 0.5) is 0 Å². The molecule has 30 heavy (non-hydrogen) atoms. The largest absolute Gasteiger partial charge is 0.327 e. The lowest BCUT2D eigenvalue weighted by atomic mass is 10.1. The highest BCUT2D eigenvalue weighted by Gasteiger charge is 2.32. The number of rotatable bonds is 3. The number of hydrogen-bond acceptors (Lipinski definition) is 4. The average Bonchev–Trinajstić information content (AvgIpc) is 3.46. The number of nitrogens with one attached hydrogen (secondary N) is 1. The van der Waals surface area contributed by atoms with Crippen molar-refractivity contribution >= 4 is 5.91 Å². The maximum absolute atomic E-state index is 12.9. The van der Waals surface area contributed by atoms with Gasteiger partial charge in [-0.05, 0) is 55.3 Å². The number of aromatic nitrogens is 5. The minimum absolute atomic E-state index is 0.212. The van der Waals surface area contributed by atoms with Gasteiger partial charge in [-0.25, -0.2) is 9.78 Å². The number of carbonyl (C=O) groups excluding carboxylic acids is 1. The zero-order valence-electron chi connectivity index (χ0n) is 16.7. The third-order valence-corrected chi connectivity index (χ3v) is 5.50. The molecular weight excluding hydrogens is 380 g/mol. The van der Waals surface area contributed by atoms with Crippen LogP contribution in [-0.2, 0) is 13.1 Å². The van der Waals surface area contributed by atoms with Crippen LogP contribution >= 0.6 is 0 Å². The maximum atomic E-state index is 12.9. The average molecular weight is 400 g/mol. The number of benzene rings is 1. The van der Waals surface area contributed by atoms with Crippen molar-refractivity contribution in [3.63, 3.8) is 0 Å². The van der Waals surface area contributed by atoms with E-state index < -0.39 is 0 Å². The zero-order valence-corrected chi connectivity index (χ0v) is 16.7.